The normalized spacial score (nSPS) is 12.4. The van der Waals surface area contributed by atoms with Crippen molar-refractivity contribution in [2.75, 3.05) is 0 Å². The summed E-state index contributed by atoms with van der Waals surface area (Å²) in [6.07, 6.45) is -1.91. The fourth-order valence-electron chi connectivity index (χ4n) is 1.19. The summed E-state index contributed by atoms with van der Waals surface area (Å²) in [6.45, 7) is 1.57. The summed E-state index contributed by atoms with van der Waals surface area (Å²) in [5.41, 5.74) is -3.18. The van der Waals surface area contributed by atoms with Gasteiger partial charge in [0.15, 0.2) is 0 Å². The van der Waals surface area contributed by atoms with Crippen LogP contribution in [0.5, 0.6) is 0 Å². The second-order valence-electron chi connectivity index (χ2n) is 3.03. The van der Waals surface area contributed by atoms with E-state index < -0.39 is 29.4 Å². The third kappa shape index (κ3) is 2.94. The summed E-state index contributed by atoms with van der Waals surface area (Å²) in [5.74, 6) is -6.24. The first-order valence-corrected chi connectivity index (χ1v) is 4.20. The average Bonchev–Trinajstić information content (AvgIpc) is 2.02. The van der Waals surface area contributed by atoms with Gasteiger partial charge < -0.3 is 21.9 Å². The molecule has 0 saturated heterocycles. The molecule has 0 aromatic carbocycles. The van der Waals surface area contributed by atoms with Crippen molar-refractivity contribution in [2.24, 2.45) is 5.41 Å². The minimum absolute atomic E-state index is 0. The van der Waals surface area contributed by atoms with E-state index in [1.165, 1.54) is 0 Å². The van der Waals surface area contributed by atoms with Gasteiger partial charge in [-0.05, 0) is 6.42 Å². The van der Waals surface area contributed by atoms with E-state index in [4.69, 9.17) is 15.3 Å². The summed E-state index contributed by atoms with van der Waals surface area (Å²) in [5, 5.41) is 35.2. The van der Waals surface area contributed by atoms with Gasteiger partial charge in [0.2, 0.25) is 0 Å². The van der Waals surface area contributed by atoms with E-state index in [-0.39, 0.29) is 43.8 Å². The largest absolute Gasteiger partial charge is 1.00 e. The maximum Gasteiger partial charge on any atom is 1.00 e. The predicted octanol–water partition coefficient (Wildman–Crippen LogP) is -3.50. The maximum absolute atomic E-state index is 10.7. The van der Waals surface area contributed by atoms with E-state index in [0.717, 1.165) is 0 Å². The van der Waals surface area contributed by atoms with E-state index in [1.807, 2.05) is 0 Å². The molecule has 16 heavy (non-hydrogen) atoms. The van der Waals surface area contributed by atoms with Crippen molar-refractivity contribution in [3.8, 4) is 0 Å². The Kier molecular flexibility index (Phi) is 7.60. The van der Waals surface area contributed by atoms with E-state index in [1.54, 1.807) is 6.92 Å². The van der Waals surface area contributed by atoms with Crippen molar-refractivity contribution in [3.05, 3.63) is 0 Å². The van der Waals surface area contributed by atoms with Crippen LogP contribution in [0, 0.1) is 5.41 Å². The molecular weight excluding hydrogens is 231 g/mol. The SMILES string of the molecule is CCCC(O)C(C(=O)O)(C(=O)O)C(=O)O.[H-].[Na+]. The Balaban J connectivity index is -0.000000980. The van der Waals surface area contributed by atoms with Crippen molar-refractivity contribution in [1.82, 2.24) is 0 Å². The Labute approximate surface area is 115 Å². The molecule has 7 nitrogen and oxygen atoms in total. The Hall–Kier alpha value is -0.630. The van der Waals surface area contributed by atoms with E-state index in [9.17, 15) is 19.5 Å². The van der Waals surface area contributed by atoms with Crippen LogP contribution in [-0.2, 0) is 14.4 Å². The Morgan fingerprint density at radius 3 is 1.62 bits per heavy atom. The van der Waals surface area contributed by atoms with Gasteiger partial charge in [0.05, 0.1) is 6.10 Å². The van der Waals surface area contributed by atoms with Crippen LogP contribution in [0.3, 0.4) is 0 Å². The molecule has 4 N–H and O–H groups in total. The summed E-state index contributed by atoms with van der Waals surface area (Å²) < 4.78 is 0. The minimum atomic E-state index is -3.18. The number of carboxylic acids is 3. The zero-order valence-electron chi connectivity index (χ0n) is 10.0. The first kappa shape index (κ1) is 17.8. The van der Waals surface area contributed by atoms with Crippen molar-refractivity contribution >= 4 is 17.9 Å². The van der Waals surface area contributed by atoms with E-state index in [0.29, 0.717) is 0 Å². The molecule has 0 saturated carbocycles. The summed E-state index contributed by atoms with van der Waals surface area (Å²) in [7, 11) is 0. The van der Waals surface area contributed by atoms with Crippen LogP contribution in [-0.4, -0.2) is 44.4 Å². The smallest absolute Gasteiger partial charge is 1.00 e. The van der Waals surface area contributed by atoms with Crippen LogP contribution in [0.15, 0.2) is 0 Å². The van der Waals surface area contributed by atoms with Crippen molar-refractivity contribution in [2.45, 2.75) is 25.9 Å². The number of hydrogen-bond acceptors (Lipinski definition) is 4. The van der Waals surface area contributed by atoms with E-state index >= 15 is 0 Å². The molecule has 88 valence electrons. The second kappa shape index (κ2) is 6.85. The van der Waals surface area contributed by atoms with Gasteiger partial charge in [0, 0.05) is 0 Å². The van der Waals surface area contributed by atoms with Crippen LogP contribution in [0.25, 0.3) is 0 Å². The molecule has 0 heterocycles. The first-order chi connectivity index (χ1) is 6.81. The molecule has 0 aromatic rings. The summed E-state index contributed by atoms with van der Waals surface area (Å²) in [4.78, 5) is 32.1. The molecule has 0 amide bonds. The van der Waals surface area contributed by atoms with Gasteiger partial charge in [0.25, 0.3) is 5.41 Å². The van der Waals surface area contributed by atoms with Crippen molar-refractivity contribution in [1.29, 1.82) is 0 Å². The third-order valence-electron chi connectivity index (χ3n) is 2.07. The fraction of sp³-hybridized carbons (Fsp3) is 0.625. The molecule has 0 fully saturated rings. The van der Waals surface area contributed by atoms with Crippen LogP contribution >= 0.6 is 0 Å². The monoisotopic (exact) mass is 244 g/mol. The zero-order valence-corrected chi connectivity index (χ0v) is 11.0. The minimum Gasteiger partial charge on any atom is -1.00 e. The zero-order chi connectivity index (χ0) is 12.2. The van der Waals surface area contributed by atoms with Gasteiger partial charge in [-0.15, -0.1) is 0 Å². The standard InChI is InChI=1S/C8H12O7.Na.H/c1-2-3-4(9)8(5(10)11,6(12)13)7(14)15;;/h4,9H,2-3H2,1H3,(H,10,11)(H,12,13)(H,14,15);;/q;+1;-1. The average molecular weight is 244 g/mol. The van der Waals surface area contributed by atoms with Crippen LogP contribution in [0.4, 0.5) is 0 Å². The molecule has 1 atom stereocenters. The number of aliphatic hydroxyl groups is 1. The van der Waals surface area contributed by atoms with Gasteiger partial charge in [-0.25, -0.2) is 0 Å². The molecule has 0 aliphatic carbocycles. The van der Waals surface area contributed by atoms with Crippen molar-refractivity contribution < 1.29 is 65.8 Å². The molecule has 0 aliphatic heterocycles. The Morgan fingerprint density at radius 1 is 1.12 bits per heavy atom. The molecule has 0 rings (SSSR count). The molecule has 0 radical (unpaired) electrons. The number of carbonyl (C=O) groups is 3. The number of aliphatic carboxylic acids is 3. The van der Waals surface area contributed by atoms with Crippen LogP contribution < -0.4 is 29.6 Å². The summed E-state index contributed by atoms with van der Waals surface area (Å²) in [6, 6.07) is 0. The van der Waals surface area contributed by atoms with Crippen molar-refractivity contribution in [3.63, 3.8) is 0 Å². The van der Waals surface area contributed by atoms with Crippen LogP contribution in [0.1, 0.15) is 21.2 Å². The van der Waals surface area contributed by atoms with Gasteiger partial charge in [-0.1, -0.05) is 13.3 Å². The first-order valence-electron chi connectivity index (χ1n) is 4.20. The predicted molar refractivity (Wildman–Crippen MR) is 47.4 cm³/mol. The molecule has 0 aromatic heterocycles. The van der Waals surface area contributed by atoms with Crippen LogP contribution in [0.2, 0.25) is 0 Å². The van der Waals surface area contributed by atoms with Gasteiger partial charge in [-0.3, -0.25) is 14.4 Å². The van der Waals surface area contributed by atoms with Gasteiger partial charge >= 0.3 is 47.5 Å². The second-order valence-corrected chi connectivity index (χ2v) is 3.03. The number of hydrogen-bond donors (Lipinski definition) is 4. The quantitative estimate of drug-likeness (QED) is 0.281. The molecule has 0 aliphatic rings. The number of rotatable bonds is 6. The summed E-state index contributed by atoms with van der Waals surface area (Å²) >= 11 is 0. The third-order valence-corrected chi connectivity index (χ3v) is 2.07. The molecule has 1 unspecified atom stereocenters. The Bertz CT molecular complexity index is 258. The number of carboxylic acid groups (broad SMARTS) is 3. The molecular formula is C8H13NaO7. The van der Waals surface area contributed by atoms with Gasteiger partial charge in [-0.2, -0.15) is 0 Å². The molecule has 0 spiro atoms. The number of aliphatic hydroxyl groups excluding tert-OH is 1. The van der Waals surface area contributed by atoms with E-state index in [2.05, 4.69) is 0 Å². The fourth-order valence-corrected chi connectivity index (χ4v) is 1.19. The Morgan fingerprint density at radius 2 is 1.44 bits per heavy atom. The molecule has 8 heteroatoms. The molecule has 0 bridgehead atoms. The topological polar surface area (TPSA) is 132 Å². The van der Waals surface area contributed by atoms with Gasteiger partial charge in [0.1, 0.15) is 0 Å². The maximum atomic E-state index is 10.7.